The van der Waals surface area contributed by atoms with Crippen LogP contribution in [0.3, 0.4) is 0 Å². The summed E-state index contributed by atoms with van der Waals surface area (Å²) >= 11 is 6.91. The molecule has 0 saturated heterocycles. The smallest absolute Gasteiger partial charge is 0.126 e. The Morgan fingerprint density at radius 3 is 2.74 bits per heavy atom. The molecule has 0 radical (unpaired) electrons. The van der Waals surface area contributed by atoms with Crippen LogP contribution in [0.4, 0.5) is 5.82 Å². The van der Waals surface area contributed by atoms with Crippen molar-refractivity contribution < 1.29 is 0 Å². The zero-order valence-electron chi connectivity index (χ0n) is 11.7. The Morgan fingerprint density at radius 1 is 1.32 bits per heavy atom. The first-order chi connectivity index (χ1) is 9.13. The van der Waals surface area contributed by atoms with E-state index >= 15 is 0 Å². The molecule has 106 valence electrons. The van der Waals surface area contributed by atoms with Crippen LogP contribution in [0.25, 0.3) is 0 Å². The predicted octanol–water partition coefficient (Wildman–Crippen LogP) is 3.36. The Kier molecular flexibility index (Phi) is 7.82. The van der Waals surface area contributed by atoms with E-state index in [1.165, 1.54) is 31.4 Å². The number of pyridine rings is 1. The second kappa shape index (κ2) is 9.15. The maximum absolute atomic E-state index is 5.65. The average Bonchev–Trinajstić information content (AvgIpc) is 2.37. The Bertz CT molecular complexity index is 408. The van der Waals surface area contributed by atoms with E-state index in [2.05, 4.69) is 16.6 Å². The van der Waals surface area contributed by atoms with Crippen LogP contribution in [-0.2, 0) is 0 Å². The lowest BCUT2D eigenvalue weighted by Gasteiger charge is -2.08. The quantitative estimate of drug-likeness (QED) is 0.541. The monoisotopic (exact) mass is 297 g/mol. The Labute approximate surface area is 125 Å². The van der Waals surface area contributed by atoms with Gasteiger partial charge in [0.25, 0.3) is 0 Å². The number of nitrogens with two attached hydrogens (primary N) is 1. The van der Waals surface area contributed by atoms with Crippen molar-refractivity contribution in [3.63, 3.8) is 0 Å². The predicted molar refractivity (Wildman–Crippen MR) is 90.2 cm³/mol. The molecule has 3 N–H and O–H groups in total. The van der Waals surface area contributed by atoms with E-state index in [4.69, 9.17) is 18.0 Å². The van der Waals surface area contributed by atoms with Gasteiger partial charge in [0.15, 0.2) is 0 Å². The van der Waals surface area contributed by atoms with Crippen molar-refractivity contribution in [1.29, 1.82) is 0 Å². The first kappa shape index (κ1) is 16.2. The third-order valence-electron chi connectivity index (χ3n) is 2.82. The summed E-state index contributed by atoms with van der Waals surface area (Å²) in [5.74, 6) is 2.14. The lowest BCUT2D eigenvalue weighted by Crippen LogP contribution is -2.12. The van der Waals surface area contributed by atoms with E-state index in [0.717, 1.165) is 23.6 Å². The number of hydrogen-bond acceptors (Lipinski definition) is 4. The fraction of sp³-hybridized carbons (Fsp3) is 0.571. The fourth-order valence-electron chi connectivity index (χ4n) is 1.84. The Morgan fingerprint density at radius 2 is 2.05 bits per heavy atom. The van der Waals surface area contributed by atoms with Crippen molar-refractivity contribution in [2.75, 3.05) is 23.9 Å². The van der Waals surface area contributed by atoms with E-state index in [9.17, 15) is 0 Å². The number of aromatic nitrogens is 1. The van der Waals surface area contributed by atoms with Crippen molar-refractivity contribution in [2.45, 2.75) is 32.6 Å². The standard InChI is InChI=1S/C14H23N3S2/c1-11-9-12(14(15)18)10-13(17-11)16-7-5-3-4-6-8-19-2/h9-10H,3-8H2,1-2H3,(H2,15,18)(H,16,17). The topological polar surface area (TPSA) is 50.9 Å². The summed E-state index contributed by atoms with van der Waals surface area (Å²) in [6.45, 7) is 2.90. The molecule has 0 saturated carbocycles. The Hall–Kier alpha value is -0.810. The number of aryl methyl sites for hydroxylation is 1. The number of nitrogens with zero attached hydrogens (tertiary/aromatic N) is 1. The molecule has 0 atom stereocenters. The molecule has 0 amide bonds. The number of hydrogen-bond donors (Lipinski definition) is 2. The number of thioether (sulfide) groups is 1. The van der Waals surface area contributed by atoms with Crippen LogP contribution in [0.5, 0.6) is 0 Å². The molecule has 0 aliphatic rings. The van der Waals surface area contributed by atoms with Gasteiger partial charge < -0.3 is 11.1 Å². The molecule has 0 spiro atoms. The SMILES string of the molecule is CSCCCCCCNc1cc(C(N)=S)cc(C)n1. The number of anilines is 1. The highest BCUT2D eigenvalue weighted by atomic mass is 32.2. The molecule has 5 heteroatoms. The van der Waals surface area contributed by atoms with E-state index in [1.807, 2.05) is 30.8 Å². The van der Waals surface area contributed by atoms with E-state index in [1.54, 1.807) is 0 Å². The Balaban J connectivity index is 2.31. The van der Waals surface area contributed by atoms with Gasteiger partial charge in [0, 0.05) is 17.8 Å². The van der Waals surface area contributed by atoms with Gasteiger partial charge >= 0.3 is 0 Å². The van der Waals surface area contributed by atoms with Crippen LogP contribution >= 0.6 is 24.0 Å². The van der Waals surface area contributed by atoms with Crippen molar-refractivity contribution >= 4 is 34.8 Å². The minimum absolute atomic E-state index is 0.422. The second-order valence-electron chi connectivity index (χ2n) is 4.58. The van der Waals surface area contributed by atoms with Gasteiger partial charge in [-0.15, -0.1) is 0 Å². The van der Waals surface area contributed by atoms with Gasteiger partial charge in [-0.25, -0.2) is 4.98 Å². The summed E-state index contributed by atoms with van der Waals surface area (Å²) < 4.78 is 0. The number of nitrogens with one attached hydrogen (secondary N) is 1. The third-order valence-corrected chi connectivity index (χ3v) is 3.75. The molecular formula is C14H23N3S2. The van der Waals surface area contributed by atoms with E-state index < -0.39 is 0 Å². The van der Waals surface area contributed by atoms with Gasteiger partial charge in [0.2, 0.25) is 0 Å². The number of thiocarbonyl (C=S) groups is 1. The molecule has 19 heavy (non-hydrogen) atoms. The molecule has 1 heterocycles. The average molecular weight is 297 g/mol. The van der Waals surface area contributed by atoms with Crippen molar-refractivity contribution in [3.05, 3.63) is 23.4 Å². The van der Waals surface area contributed by atoms with Crippen LogP contribution in [0.2, 0.25) is 0 Å². The molecule has 0 fully saturated rings. The van der Waals surface area contributed by atoms with Gasteiger partial charge in [-0.2, -0.15) is 11.8 Å². The van der Waals surface area contributed by atoms with Crippen LogP contribution in [-0.4, -0.2) is 28.5 Å². The molecule has 0 unspecified atom stereocenters. The first-order valence-corrected chi connectivity index (χ1v) is 8.45. The lowest BCUT2D eigenvalue weighted by molar-refractivity contribution is 0.688. The maximum Gasteiger partial charge on any atom is 0.126 e. The molecule has 0 aliphatic carbocycles. The summed E-state index contributed by atoms with van der Waals surface area (Å²) in [6, 6.07) is 3.83. The summed E-state index contributed by atoms with van der Waals surface area (Å²) in [5.41, 5.74) is 7.47. The van der Waals surface area contributed by atoms with Crippen molar-refractivity contribution in [2.24, 2.45) is 5.73 Å². The molecule has 3 nitrogen and oxygen atoms in total. The van der Waals surface area contributed by atoms with Gasteiger partial charge in [0.1, 0.15) is 10.8 Å². The molecule has 0 bridgehead atoms. The van der Waals surface area contributed by atoms with Crippen LogP contribution in [0.1, 0.15) is 36.9 Å². The molecule has 1 rings (SSSR count). The van der Waals surface area contributed by atoms with Gasteiger partial charge in [-0.3, -0.25) is 0 Å². The highest BCUT2D eigenvalue weighted by Crippen LogP contribution is 2.11. The third kappa shape index (κ3) is 6.78. The normalized spacial score (nSPS) is 10.4. The van der Waals surface area contributed by atoms with Gasteiger partial charge in [-0.1, -0.05) is 25.1 Å². The minimum Gasteiger partial charge on any atom is -0.389 e. The summed E-state index contributed by atoms with van der Waals surface area (Å²) in [4.78, 5) is 4.86. The van der Waals surface area contributed by atoms with Crippen LogP contribution in [0, 0.1) is 6.92 Å². The van der Waals surface area contributed by atoms with Crippen molar-refractivity contribution in [3.8, 4) is 0 Å². The van der Waals surface area contributed by atoms with Crippen LogP contribution < -0.4 is 11.1 Å². The minimum atomic E-state index is 0.422. The first-order valence-electron chi connectivity index (χ1n) is 6.65. The van der Waals surface area contributed by atoms with E-state index in [0.29, 0.717) is 4.99 Å². The zero-order chi connectivity index (χ0) is 14.1. The molecule has 0 aromatic carbocycles. The molecule has 1 aromatic heterocycles. The molecule has 1 aromatic rings. The highest BCUT2D eigenvalue weighted by Gasteiger charge is 2.02. The fourth-order valence-corrected chi connectivity index (χ4v) is 2.45. The molecule has 0 aliphatic heterocycles. The lowest BCUT2D eigenvalue weighted by atomic mass is 10.2. The number of rotatable bonds is 9. The summed E-state index contributed by atoms with van der Waals surface area (Å²) in [5, 5.41) is 3.34. The number of unbranched alkanes of at least 4 members (excludes halogenated alkanes) is 3. The molecular weight excluding hydrogens is 274 g/mol. The van der Waals surface area contributed by atoms with Crippen molar-refractivity contribution in [1.82, 2.24) is 4.98 Å². The highest BCUT2D eigenvalue weighted by molar-refractivity contribution is 7.98. The zero-order valence-corrected chi connectivity index (χ0v) is 13.4. The van der Waals surface area contributed by atoms with Gasteiger partial charge in [0.05, 0.1) is 0 Å². The van der Waals surface area contributed by atoms with Crippen LogP contribution in [0.15, 0.2) is 12.1 Å². The largest absolute Gasteiger partial charge is 0.389 e. The second-order valence-corrected chi connectivity index (χ2v) is 6.01. The maximum atomic E-state index is 5.65. The summed E-state index contributed by atoms with van der Waals surface area (Å²) in [7, 11) is 0. The summed E-state index contributed by atoms with van der Waals surface area (Å²) in [6.07, 6.45) is 7.22. The van der Waals surface area contributed by atoms with Gasteiger partial charge in [-0.05, 0) is 43.9 Å². The van der Waals surface area contributed by atoms with E-state index in [-0.39, 0.29) is 0 Å².